The van der Waals surface area contributed by atoms with Crippen LogP contribution in [0.1, 0.15) is 21.5 Å². The highest BCUT2D eigenvalue weighted by atomic mass is 35.5. The van der Waals surface area contributed by atoms with E-state index >= 15 is 0 Å². The number of pyridine rings is 1. The predicted molar refractivity (Wildman–Crippen MR) is 90.8 cm³/mol. The monoisotopic (exact) mass is 348 g/mol. The third-order valence-electron chi connectivity index (χ3n) is 3.60. The Hall–Kier alpha value is -2.48. The summed E-state index contributed by atoms with van der Waals surface area (Å²) < 4.78 is 0. The highest BCUT2D eigenvalue weighted by molar-refractivity contribution is 6.30. The molecule has 0 saturated carbocycles. The molecule has 1 aromatic heterocycles. The molecule has 0 unspecified atom stereocenters. The molecule has 0 aliphatic carbocycles. The van der Waals surface area contributed by atoms with Crippen LogP contribution in [-0.2, 0) is 17.6 Å². The number of hydrogen-bond donors (Lipinski definition) is 3. The number of aliphatic carboxylic acids is 1. The predicted octanol–water partition coefficient (Wildman–Crippen LogP) is 1.38. The summed E-state index contributed by atoms with van der Waals surface area (Å²) in [6, 6.07) is 6.92. The molecule has 0 saturated heterocycles. The van der Waals surface area contributed by atoms with Crippen LogP contribution in [0.2, 0.25) is 5.02 Å². The molecule has 0 spiro atoms. The Balaban J connectivity index is 0.00000100. The number of hydrazine groups is 1. The molecule has 0 fully saturated rings. The molecule has 2 aromatic rings. The number of aromatic nitrogens is 1. The topological polar surface area (TPSA) is 123 Å². The Labute approximate surface area is 143 Å². The maximum Gasteiger partial charge on any atom is 0.307 e. The van der Waals surface area contributed by atoms with Crippen LogP contribution in [0.4, 0.5) is 5.69 Å². The van der Waals surface area contributed by atoms with Gasteiger partial charge in [-0.1, -0.05) is 11.6 Å². The number of halogens is 1. The molecule has 1 aromatic carbocycles. The Kier molecular flexibility index (Phi) is 5.86. The minimum atomic E-state index is -0.927. The molecule has 0 bridgehead atoms. The fourth-order valence-electron chi connectivity index (χ4n) is 2.60. The standard InChI is InChI=1S/C16H13ClN2O3.H4N2/c17-12-1-2-14-11(7-12)3-4-19(16(14)22)13-5-10(6-15(20)21)8-18-9-13;1-2/h1-2,5,7-9H,3-4,6H2,(H,20,21);1-2H2. The number of rotatable bonds is 3. The van der Waals surface area contributed by atoms with E-state index in [9.17, 15) is 9.59 Å². The van der Waals surface area contributed by atoms with Gasteiger partial charge in [-0.25, -0.2) is 0 Å². The van der Waals surface area contributed by atoms with Gasteiger partial charge in [-0.3, -0.25) is 26.3 Å². The molecule has 1 aliphatic rings. The van der Waals surface area contributed by atoms with E-state index in [-0.39, 0.29) is 12.3 Å². The quantitative estimate of drug-likeness (QED) is 0.569. The van der Waals surface area contributed by atoms with E-state index in [4.69, 9.17) is 16.7 Å². The molecule has 5 N–H and O–H groups in total. The number of nitrogens with zero attached hydrogens (tertiary/aromatic N) is 2. The van der Waals surface area contributed by atoms with Crippen molar-refractivity contribution in [3.8, 4) is 0 Å². The van der Waals surface area contributed by atoms with Gasteiger partial charge in [0.15, 0.2) is 0 Å². The molecule has 0 radical (unpaired) electrons. The number of carboxylic acid groups (broad SMARTS) is 1. The van der Waals surface area contributed by atoms with Crippen molar-refractivity contribution in [3.05, 3.63) is 58.4 Å². The highest BCUT2D eigenvalue weighted by Crippen LogP contribution is 2.26. The zero-order valence-corrected chi connectivity index (χ0v) is 13.5. The van der Waals surface area contributed by atoms with Crippen LogP contribution in [0.15, 0.2) is 36.7 Å². The van der Waals surface area contributed by atoms with E-state index in [1.54, 1.807) is 29.3 Å². The number of nitrogens with two attached hydrogens (primary N) is 2. The lowest BCUT2D eigenvalue weighted by Gasteiger charge is -2.28. The van der Waals surface area contributed by atoms with Crippen molar-refractivity contribution < 1.29 is 14.7 Å². The van der Waals surface area contributed by atoms with Crippen molar-refractivity contribution in [2.24, 2.45) is 11.7 Å². The molecule has 3 rings (SSSR count). The summed E-state index contributed by atoms with van der Waals surface area (Å²) in [4.78, 5) is 29.1. The normalized spacial score (nSPS) is 13.0. The van der Waals surface area contributed by atoms with Crippen LogP contribution in [-0.4, -0.2) is 28.5 Å². The van der Waals surface area contributed by atoms with E-state index < -0.39 is 5.97 Å². The molecule has 1 amide bonds. The molecule has 8 heteroatoms. The van der Waals surface area contributed by atoms with Gasteiger partial charge in [-0.15, -0.1) is 0 Å². The van der Waals surface area contributed by atoms with Gasteiger partial charge in [0.25, 0.3) is 5.91 Å². The molecule has 0 atom stereocenters. The number of carboxylic acids is 1. The van der Waals surface area contributed by atoms with Crippen LogP contribution in [0.5, 0.6) is 0 Å². The number of anilines is 1. The summed E-state index contributed by atoms with van der Waals surface area (Å²) in [5.74, 6) is 6.95. The Morgan fingerprint density at radius 1 is 1.29 bits per heavy atom. The summed E-state index contributed by atoms with van der Waals surface area (Å²) in [7, 11) is 0. The smallest absolute Gasteiger partial charge is 0.307 e. The second-order valence-electron chi connectivity index (χ2n) is 5.13. The first-order chi connectivity index (χ1) is 11.5. The molecule has 1 aliphatic heterocycles. The van der Waals surface area contributed by atoms with Gasteiger partial charge >= 0.3 is 5.97 Å². The van der Waals surface area contributed by atoms with Gasteiger partial charge in [-0.2, -0.15) is 0 Å². The first kappa shape index (κ1) is 17.9. The molecule has 2 heterocycles. The van der Waals surface area contributed by atoms with Gasteiger partial charge in [0.05, 0.1) is 18.3 Å². The van der Waals surface area contributed by atoms with Crippen LogP contribution >= 0.6 is 11.6 Å². The number of carbonyl (C=O) groups excluding carboxylic acids is 1. The molecular formula is C16H17ClN4O3. The maximum atomic E-state index is 12.6. The molecular weight excluding hydrogens is 332 g/mol. The highest BCUT2D eigenvalue weighted by Gasteiger charge is 2.26. The minimum Gasteiger partial charge on any atom is -0.481 e. The third-order valence-corrected chi connectivity index (χ3v) is 3.83. The van der Waals surface area contributed by atoms with E-state index in [1.807, 2.05) is 6.07 Å². The van der Waals surface area contributed by atoms with Gasteiger partial charge in [0.1, 0.15) is 0 Å². The van der Waals surface area contributed by atoms with Crippen LogP contribution < -0.4 is 16.6 Å². The van der Waals surface area contributed by atoms with E-state index in [2.05, 4.69) is 16.7 Å². The second kappa shape index (κ2) is 7.87. The Bertz CT molecular complexity index is 767. The van der Waals surface area contributed by atoms with Gasteiger partial charge in [-0.05, 0) is 41.8 Å². The van der Waals surface area contributed by atoms with Crippen LogP contribution in [0.3, 0.4) is 0 Å². The number of amides is 1. The largest absolute Gasteiger partial charge is 0.481 e. The maximum absolute atomic E-state index is 12.6. The lowest BCUT2D eigenvalue weighted by Crippen LogP contribution is -2.37. The van der Waals surface area contributed by atoms with Crippen molar-refractivity contribution in [1.82, 2.24) is 4.98 Å². The van der Waals surface area contributed by atoms with Crippen LogP contribution in [0, 0.1) is 0 Å². The zero-order chi connectivity index (χ0) is 17.7. The first-order valence-electron chi connectivity index (χ1n) is 7.14. The van der Waals surface area contributed by atoms with Crippen molar-refractivity contribution in [1.29, 1.82) is 0 Å². The number of carbonyl (C=O) groups is 2. The van der Waals surface area contributed by atoms with E-state index in [0.717, 1.165) is 5.56 Å². The van der Waals surface area contributed by atoms with E-state index in [1.165, 1.54) is 6.20 Å². The lowest BCUT2D eigenvalue weighted by molar-refractivity contribution is -0.136. The van der Waals surface area contributed by atoms with Crippen LogP contribution in [0.25, 0.3) is 0 Å². The summed E-state index contributed by atoms with van der Waals surface area (Å²) >= 11 is 5.96. The van der Waals surface area contributed by atoms with Gasteiger partial charge in [0, 0.05) is 23.3 Å². The molecule has 24 heavy (non-hydrogen) atoms. The number of benzene rings is 1. The molecule has 7 nitrogen and oxygen atoms in total. The van der Waals surface area contributed by atoms with Crippen molar-refractivity contribution >= 4 is 29.2 Å². The second-order valence-corrected chi connectivity index (χ2v) is 5.57. The summed E-state index contributed by atoms with van der Waals surface area (Å²) in [5, 5.41) is 9.47. The van der Waals surface area contributed by atoms with E-state index in [0.29, 0.717) is 34.8 Å². The average Bonchev–Trinajstić information content (AvgIpc) is 2.56. The SMILES string of the molecule is NN.O=C(O)Cc1cncc(N2CCc3cc(Cl)ccc3C2=O)c1. The van der Waals surface area contributed by atoms with Crippen molar-refractivity contribution in [2.75, 3.05) is 11.4 Å². The van der Waals surface area contributed by atoms with Gasteiger partial charge < -0.3 is 10.0 Å². The Morgan fingerprint density at radius 2 is 2.04 bits per heavy atom. The molecule has 126 valence electrons. The summed E-state index contributed by atoms with van der Waals surface area (Å²) in [5.41, 5.74) is 2.74. The number of hydrogen-bond acceptors (Lipinski definition) is 5. The lowest BCUT2D eigenvalue weighted by atomic mass is 9.98. The van der Waals surface area contributed by atoms with Crippen molar-refractivity contribution in [3.63, 3.8) is 0 Å². The number of fused-ring (bicyclic) bond motifs is 1. The third kappa shape index (κ3) is 3.88. The van der Waals surface area contributed by atoms with Crippen molar-refractivity contribution in [2.45, 2.75) is 12.8 Å². The average molecular weight is 349 g/mol. The van der Waals surface area contributed by atoms with Gasteiger partial charge in [0.2, 0.25) is 0 Å². The fraction of sp³-hybridized carbons (Fsp3) is 0.188. The summed E-state index contributed by atoms with van der Waals surface area (Å²) in [6.07, 6.45) is 3.66. The first-order valence-corrected chi connectivity index (χ1v) is 7.52. The zero-order valence-electron chi connectivity index (χ0n) is 12.8. The minimum absolute atomic E-state index is 0.116. The summed E-state index contributed by atoms with van der Waals surface area (Å²) in [6.45, 7) is 0.518. The Morgan fingerprint density at radius 3 is 2.75 bits per heavy atom. The fourth-order valence-corrected chi connectivity index (χ4v) is 2.79.